The van der Waals surface area contributed by atoms with Crippen LogP contribution in [0.5, 0.6) is 0 Å². The SMILES string of the molecule is CCCCC(=O)N[C@@H](CCC(=O)C=N)C(=O)OC(C)(C)C. The molecule has 6 nitrogen and oxygen atoms in total. The van der Waals surface area contributed by atoms with Gasteiger partial charge in [-0.25, -0.2) is 4.79 Å². The van der Waals surface area contributed by atoms with Gasteiger partial charge in [0.25, 0.3) is 0 Å². The second-order valence-corrected chi connectivity index (χ2v) is 5.91. The maximum Gasteiger partial charge on any atom is 0.329 e. The van der Waals surface area contributed by atoms with Crippen molar-refractivity contribution >= 4 is 23.9 Å². The van der Waals surface area contributed by atoms with E-state index in [4.69, 9.17) is 10.1 Å². The zero-order valence-electron chi connectivity index (χ0n) is 13.3. The van der Waals surface area contributed by atoms with Gasteiger partial charge in [0.05, 0.1) is 6.21 Å². The summed E-state index contributed by atoms with van der Waals surface area (Å²) in [4.78, 5) is 35.0. The minimum Gasteiger partial charge on any atom is -0.458 e. The van der Waals surface area contributed by atoms with Crippen LogP contribution in [0.4, 0.5) is 0 Å². The summed E-state index contributed by atoms with van der Waals surface area (Å²) in [6.07, 6.45) is 2.85. The smallest absolute Gasteiger partial charge is 0.329 e. The molecule has 0 saturated carbocycles. The highest BCUT2D eigenvalue weighted by atomic mass is 16.6. The van der Waals surface area contributed by atoms with Crippen LogP contribution in [0.2, 0.25) is 0 Å². The van der Waals surface area contributed by atoms with Crippen molar-refractivity contribution in [3.8, 4) is 0 Å². The first kappa shape index (κ1) is 19.3. The fraction of sp³-hybridized carbons (Fsp3) is 0.733. The van der Waals surface area contributed by atoms with Crippen molar-refractivity contribution in [3.63, 3.8) is 0 Å². The number of hydrogen-bond donors (Lipinski definition) is 2. The first-order chi connectivity index (χ1) is 9.69. The molecule has 0 unspecified atom stereocenters. The van der Waals surface area contributed by atoms with E-state index in [1.807, 2.05) is 6.92 Å². The lowest BCUT2D eigenvalue weighted by Gasteiger charge is -2.24. The van der Waals surface area contributed by atoms with E-state index in [9.17, 15) is 14.4 Å². The van der Waals surface area contributed by atoms with Crippen molar-refractivity contribution in [2.45, 2.75) is 71.4 Å². The van der Waals surface area contributed by atoms with Gasteiger partial charge in [0, 0.05) is 12.8 Å². The average molecular weight is 298 g/mol. The van der Waals surface area contributed by atoms with Crippen LogP contribution >= 0.6 is 0 Å². The van der Waals surface area contributed by atoms with Crippen molar-refractivity contribution in [1.82, 2.24) is 5.32 Å². The van der Waals surface area contributed by atoms with E-state index in [0.29, 0.717) is 12.6 Å². The summed E-state index contributed by atoms with van der Waals surface area (Å²) in [7, 11) is 0. The number of rotatable bonds is 9. The highest BCUT2D eigenvalue weighted by Gasteiger charge is 2.26. The first-order valence-corrected chi connectivity index (χ1v) is 7.25. The van der Waals surface area contributed by atoms with E-state index < -0.39 is 17.6 Å². The molecule has 0 rings (SSSR count). The van der Waals surface area contributed by atoms with Crippen molar-refractivity contribution in [3.05, 3.63) is 0 Å². The number of ether oxygens (including phenoxy) is 1. The van der Waals surface area contributed by atoms with E-state index >= 15 is 0 Å². The molecular weight excluding hydrogens is 272 g/mol. The fourth-order valence-corrected chi connectivity index (χ4v) is 1.58. The van der Waals surface area contributed by atoms with E-state index in [1.54, 1.807) is 20.8 Å². The molecule has 0 spiro atoms. The Morgan fingerprint density at radius 1 is 1.24 bits per heavy atom. The molecule has 0 saturated heterocycles. The van der Waals surface area contributed by atoms with Gasteiger partial charge in [-0.1, -0.05) is 13.3 Å². The maximum atomic E-state index is 12.1. The lowest BCUT2D eigenvalue weighted by molar-refractivity contribution is -0.158. The lowest BCUT2D eigenvalue weighted by atomic mass is 10.1. The summed E-state index contributed by atoms with van der Waals surface area (Å²) >= 11 is 0. The van der Waals surface area contributed by atoms with Crippen LogP contribution in [-0.4, -0.2) is 35.5 Å². The van der Waals surface area contributed by atoms with E-state index in [2.05, 4.69) is 5.32 Å². The average Bonchev–Trinajstić information content (AvgIpc) is 2.38. The van der Waals surface area contributed by atoms with Gasteiger partial charge in [-0.3, -0.25) is 9.59 Å². The third-order valence-corrected chi connectivity index (χ3v) is 2.62. The minimum atomic E-state index is -0.850. The van der Waals surface area contributed by atoms with Gasteiger partial charge in [0.2, 0.25) is 5.91 Å². The third kappa shape index (κ3) is 9.76. The molecule has 0 heterocycles. The molecule has 0 aliphatic carbocycles. The topological polar surface area (TPSA) is 96.3 Å². The maximum absolute atomic E-state index is 12.1. The molecular formula is C15H26N2O4. The van der Waals surface area contributed by atoms with Crippen LogP contribution in [0, 0.1) is 5.41 Å². The standard InChI is InChI=1S/C15H26N2O4/c1-5-6-7-13(19)17-12(9-8-11(18)10-16)14(20)21-15(2,3)4/h10,12,16H,5-9H2,1-4H3,(H,17,19)/t12-/m0/s1. The Bertz CT molecular complexity index is 386. The predicted molar refractivity (Wildman–Crippen MR) is 80.3 cm³/mol. The Hall–Kier alpha value is -1.72. The summed E-state index contributed by atoms with van der Waals surface area (Å²) < 4.78 is 5.25. The summed E-state index contributed by atoms with van der Waals surface area (Å²) in [5.41, 5.74) is -0.658. The number of carbonyl (C=O) groups is 3. The lowest BCUT2D eigenvalue weighted by Crippen LogP contribution is -2.44. The third-order valence-electron chi connectivity index (χ3n) is 2.62. The summed E-state index contributed by atoms with van der Waals surface area (Å²) in [5.74, 6) is -1.16. The second kappa shape index (κ2) is 9.26. The highest BCUT2D eigenvalue weighted by Crippen LogP contribution is 2.11. The largest absolute Gasteiger partial charge is 0.458 e. The van der Waals surface area contributed by atoms with Gasteiger partial charge in [0.1, 0.15) is 11.6 Å². The Labute approximate surface area is 126 Å². The molecule has 0 aromatic heterocycles. The monoisotopic (exact) mass is 298 g/mol. The molecule has 0 bridgehead atoms. The number of amides is 1. The Balaban J connectivity index is 4.67. The molecule has 120 valence electrons. The van der Waals surface area contributed by atoms with Gasteiger partial charge in [-0.05, 0) is 33.6 Å². The molecule has 2 N–H and O–H groups in total. The molecule has 0 aromatic carbocycles. The first-order valence-electron chi connectivity index (χ1n) is 7.25. The molecule has 6 heteroatoms. The normalized spacial score (nSPS) is 12.4. The number of nitrogens with one attached hydrogen (secondary N) is 2. The van der Waals surface area contributed by atoms with Gasteiger partial charge in [-0.15, -0.1) is 0 Å². The molecule has 1 amide bonds. The molecule has 21 heavy (non-hydrogen) atoms. The van der Waals surface area contributed by atoms with Crippen LogP contribution in [0.3, 0.4) is 0 Å². The molecule has 0 aromatic rings. The van der Waals surface area contributed by atoms with Crippen LogP contribution in [0.15, 0.2) is 0 Å². The predicted octanol–water partition coefficient (Wildman–Crippen LogP) is 2.00. The molecule has 1 atom stereocenters. The van der Waals surface area contributed by atoms with Gasteiger partial charge in [0.15, 0.2) is 5.78 Å². The number of carbonyl (C=O) groups excluding carboxylic acids is 3. The van der Waals surface area contributed by atoms with Crippen molar-refractivity contribution in [2.24, 2.45) is 0 Å². The number of ketones is 1. The van der Waals surface area contributed by atoms with Crippen LogP contribution < -0.4 is 5.32 Å². The molecule has 0 radical (unpaired) electrons. The second-order valence-electron chi connectivity index (χ2n) is 5.91. The number of hydrogen-bond acceptors (Lipinski definition) is 5. The Morgan fingerprint density at radius 2 is 1.86 bits per heavy atom. The summed E-state index contributed by atoms with van der Waals surface area (Å²) in [6, 6.07) is -0.850. The minimum absolute atomic E-state index is 0.0292. The molecule has 0 aliphatic heterocycles. The zero-order valence-corrected chi connectivity index (χ0v) is 13.3. The number of unbranched alkanes of at least 4 members (excludes halogenated alkanes) is 1. The molecule has 0 aliphatic rings. The van der Waals surface area contributed by atoms with E-state index in [-0.39, 0.29) is 24.5 Å². The van der Waals surface area contributed by atoms with E-state index in [1.165, 1.54) is 0 Å². The van der Waals surface area contributed by atoms with E-state index in [0.717, 1.165) is 12.8 Å². The number of Topliss-reactive ketones (excluding diaryl/α,β-unsaturated/α-hetero) is 1. The van der Waals surface area contributed by atoms with Crippen LogP contribution in [0.25, 0.3) is 0 Å². The van der Waals surface area contributed by atoms with Gasteiger partial charge >= 0.3 is 5.97 Å². The summed E-state index contributed by atoms with van der Waals surface area (Å²) in [5, 5.41) is 9.47. The fourth-order valence-electron chi connectivity index (χ4n) is 1.58. The van der Waals surface area contributed by atoms with Gasteiger partial charge < -0.3 is 15.5 Å². The van der Waals surface area contributed by atoms with Crippen molar-refractivity contribution in [1.29, 1.82) is 5.41 Å². The van der Waals surface area contributed by atoms with Gasteiger partial charge in [-0.2, -0.15) is 0 Å². The van der Waals surface area contributed by atoms with Crippen molar-refractivity contribution < 1.29 is 19.1 Å². The van der Waals surface area contributed by atoms with Crippen molar-refractivity contribution in [2.75, 3.05) is 0 Å². The Kier molecular flexibility index (Phi) is 8.50. The Morgan fingerprint density at radius 3 is 2.33 bits per heavy atom. The zero-order chi connectivity index (χ0) is 16.5. The number of esters is 1. The highest BCUT2D eigenvalue weighted by molar-refractivity contribution is 6.26. The van der Waals surface area contributed by atoms with Crippen LogP contribution in [-0.2, 0) is 19.1 Å². The van der Waals surface area contributed by atoms with Crippen LogP contribution in [0.1, 0.15) is 59.8 Å². The quantitative estimate of drug-likeness (QED) is 0.502. The molecule has 0 fully saturated rings. The summed E-state index contributed by atoms with van der Waals surface area (Å²) in [6.45, 7) is 7.19.